The molecule has 1 N–H and O–H groups in total. The number of sulfonamides is 1. The molecule has 0 atom stereocenters. The van der Waals surface area contributed by atoms with E-state index in [1.54, 1.807) is 6.92 Å². The van der Waals surface area contributed by atoms with Gasteiger partial charge in [0, 0.05) is 6.54 Å². The first kappa shape index (κ1) is 15.2. The van der Waals surface area contributed by atoms with Crippen LogP contribution in [0.15, 0.2) is 24.3 Å². The van der Waals surface area contributed by atoms with Gasteiger partial charge < -0.3 is 0 Å². The molecular formula is C14H23NO2S. The maximum absolute atomic E-state index is 11.3. The minimum Gasteiger partial charge on any atom is -0.215 e. The van der Waals surface area contributed by atoms with Crippen LogP contribution in [0.2, 0.25) is 0 Å². The van der Waals surface area contributed by atoms with Crippen molar-refractivity contribution in [1.29, 1.82) is 0 Å². The predicted octanol–water partition coefficient (Wildman–Crippen LogP) is 2.47. The Bertz CT molecular complexity index is 470. The van der Waals surface area contributed by atoms with Crippen molar-refractivity contribution in [1.82, 2.24) is 4.72 Å². The Morgan fingerprint density at radius 2 is 1.67 bits per heavy atom. The molecule has 0 saturated heterocycles. The zero-order valence-corrected chi connectivity index (χ0v) is 12.5. The summed E-state index contributed by atoms with van der Waals surface area (Å²) in [5.74, 6) is 0.135. The molecule has 0 saturated carbocycles. The summed E-state index contributed by atoms with van der Waals surface area (Å²) in [5.41, 5.74) is 2.60. The normalized spacial score (nSPS) is 12.7. The molecule has 0 spiro atoms. The van der Waals surface area contributed by atoms with E-state index in [9.17, 15) is 8.42 Å². The first-order valence-corrected chi connectivity index (χ1v) is 7.96. The SMILES string of the molecule is CCS(=O)(=O)NCCc1ccc(C(C)(C)C)cc1. The number of benzene rings is 1. The molecular weight excluding hydrogens is 246 g/mol. The summed E-state index contributed by atoms with van der Waals surface area (Å²) < 4.78 is 25.1. The molecule has 0 amide bonds. The van der Waals surface area contributed by atoms with E-state index in [-0.39, 0.29) is 11.2 Å². The summed E-state index contributed by atoms with van der Waals surface area (Å²) in [6, 6.07) is 8.37. The van der Waals surface area contributed by atoms with Crippen molar-refractivity contribution in [3.8, 4) is 0 Å². The van der Waals surface area contributed by atoms with Crippen molar-refractivity contribution < 1.29 is 8.42 Å². The first-order chi connectivity index (χ1) is 8.24. The van der Waals surface area contributed by atoms with Gasteiger partial charge in [-0.1, -0.05) is 45.0 Å². The summed E-state index contributed by atoms with van der Waals surface area (Å²) in [7, 11) is -3.07. The minimum atomic E-state index is -3.07. The van der Waals surface area contributed by atoms with Gasteiger partial charge in [0.2, 0.25) is 10.0 Å². The van der Waals surface area contributed by atoms with E-state index < -0.39 is 10.0 Å². The summed E-state index contributed by atoms with van der Waals surface area (Å²) >= 11 is 0. The molecule has 0 heterocycles. The smallest absolute Gasteiger partial charge is 0.211 e. The van der Waals surface area contributed by atoms with Crippen LogP contribution in [0.3, 0.4) is 0 Å². The molecule has 0 aromatic heterocycles. The molecule has 4 heteroatoms. The van der Waals surface area contributed by atoms with Gasteiger partial charge >= 0.3 is 0 Å². The largest absolute Gasteiger partial charge is 0.215 e. The third kappa shape index (κ3) is 4.78. The Morgan fingerprint density at radius 3 is 2.11 bits per heavy atom. The van der Waals surface area contributed by atoms with Crippen molar-refractivity contribution in [3.05, 3.63) is 35.4 Å². The maximum atomic E-state index is 11.3. The van der Waals surface area contributed by atoms with Crippen LogP contribution in [-0.2, 0) is 21.9 Å². The number of nitrogens with one attached hydrogen (secondary N) is 1. The average molecular weight is 269 g/mol. The van der Waals surface area contributed by atoms with Gasteiger partial charge in [-0.25, -0.2) is 13.1 Å². The van der Waals surface area contributed by atoms with Gasteiger partial charge in [-0.2, -0.15) is 0 Å². The van der Waals surface area contributed by atoms with Crippen LogP contribution in [0.4, 0.5) is 0 Å². The Labute approximate surface area is 111 Å². The van der Waals surface area contributed by atoms with Crippen LogP contribution in [0.25, 0.3) is 0 Å². The number of hydrogen-bond acceptors (Lipinski definition) is 2. The standard InChI is InChI=1S/C14H23NO2S/c1-5-18(16,17)15-11-10-12-6-8-13(9-7-12)14(2,3)4/h6-9,15H,5,10-11H2,1-4H3. The second-order valence-corrected chi connectivity index (χ2v) is 7.59. The molecule has 0 aliphatic heterocycles. The minimum absolute atomic E-state index is 0.135. The second kappa shape index (κ2) is 5.85. The van der Waals surface area contributed by atoms with Gasteiger partial charge in [0.15, 0.2) is 0 Å². The second-order valence-electron chi connectivity index (χ2n) is 5.49. The Hall–Kier alpha value is -0.870. The fourth-order valence-electron chi connectivity index (χ4n) is 1.62. The molecule has 102 valence electrons. The molecule has 1 aromatic rings. The number of hydrogen-bond donors (Lipinski definition) is 1. The molecule has 0 unspecified atom stereocenters. The lowest BCUT2D eigenvalue weighted by Gasteiger charge is -2.19. The highest BCUT2D eigenvalue weighted by molar-refractivity contribution is 7.89. The van der Waals surface area contributed by atoms with Gasteiger partial charge in [0.25, 0.3) is 0 Å². The fourth-order valence-corrected chi connectivity index (χ4v) is 2.24. The summed E-state index contributed by atoms with van der Waals surface area (Å²) in [6.45, 7) is 8.64. The Balaban J connectivity index is 2.55. The van der Waals surface area contributed by atoms with Crippen LogP contribution in [0.1, 0.15) is 38.8 Å². The van der Waals surface area contributed by atoms with Crippen molar-refractivity contribution in [2.75, 3.05) is 12.3 Å². The average Bonchev–Trinajstić information content (AvgIpc) is 2.28. The molecule has 1 aromatic carbocycles. The molecule has 0 aliphatic carbocycles. The zero-order valence-electron chi connectivity index (χ0n) is 11.7. The van der Waals surface area contributed by atoms with Crippen LogP contribution in [-0.4, -0.2) is 20.7 Å². The lowest BCUT2D eigenvalue weighted by atomic mass is 9.86. The van der Waals surface area contributed by atoms with E-state index in [1.165, 1.54) is 5.56 Å². The summed E-state index contributed by atoms with van der Waals surface area (Å²) in [5, 5.41) is 0. The molecule has 0 bridgehead atoms. The highest BCUT2D eigenvalue weighted by atomic mass is 32.2. The van der Waals surface area contributed by atoms with E-state index in [0.717, 1.165) is 12.0 Å². The Morgan fingerprint density at radius 1 is 1.11 bits per heavy atom. The van der Waals surface area contributed by atoms with E-state index in [1.807, 2.05) is 0 Å². The van der Waals surface area contributed by atoms with Gasteiger partial charge in [-0.05, 0) is 29.9 Å². The lowest BCUT2D eigenvalue weighted by Crippen LogP contribution is -2.27. The van der Waals surface area contributed by atoms with Crippen molar-refractivity contribution in [2.24, 2.45) is 0 Å². The molecule has 0 aliphatic rings. The van der Waals surface area contributed by atoms with E-state index in [4.69, 9.17) is 0 Å². The van der Waals surface area contributed by atoms with Crippen LogP contribution < -0.4 is 4.72 Å². The van der Waals surface area contributed by atoms with E-state index in [2.05, 4.69) is 49.8 Å². The van der Waals surface area contributed by atoms with E-state index >= 15 is 0 Å². The highest BCUT2D eigenvalue weighted by Gasteiger charge is 2.12. The fraction of sp³-hybridized carbons (Fsp3) is 0.571. The summed E-state index contributed by atoms with van der Waals surface area (Å²) in [4.78, 5) is 0. The van der Waals surface area contributed by atoms with Crippen molar-refractivity contribution >= 4 is 10.0 Å². The van der Waals surface area contributed by atoms with Crippen LogP contribution >= 0.6 is 0 Å². The monoisotopic (exact) mass is 269 g/mol. The van der Waals surface area contributed by atoms with Gasteiger partial charge in [-0.3, -0.25) is 0 Å². The molecule has 0 fully saturated rings. The maximum Gasteiger partial charge on any atom is 0.211 e. The molecule has 3 nitrogen and oxygen atoms in total. The molecule has 18 heavy (non-hydrogen) atoms. The van der Waals surface area contributed by atoms with E-state index in [0.29, 0.717) is 6.54 Å². The Kier molecular flexibility index (Phi) is 4.93. The first-order valence-electron chi connectivity index (χ1n) is 6.31. The van der Waals surface area contributed by atoms with Gasteiger partial charge in [0.1, 0.15) is 0 Å². The van der Waals surface area contributed by atoms with Crippen LogP contribution in [0, 0.1) is 0 Å². The molecule has 0 radical (unpaired) electrons. The van der Waals surface area contributed by atoms with Gasteiger partial charge in [-0.15, -0.1) is 0 Å². The quantitative estimate of drug-likeness (QED) is 0.892. The zero-order chi connectivity index (χ0) is 13.8. The molecule has 1 rings (SSSR count). The predicted molar refractivity (Wildman–Crippen MR) is 76.3 cm³/mol. The summed E-state index contributed by atoms with van der Waals surface area (Å²) in [6.07, 6.45) is 0.726. The third-order valence-corrected chi connectivity index (χ3v) is 4.34. The highest BCUT2D eigenvalue weighted by Crippen LogP contribution is 2.22. The van der Waals surface area contributed by atoms with Crippen LogP contribution in [0.5, 0.6) is 0 Å². The third-order valence-electron chi connectivity index (χ3n) is 2.94. The topological polar surface area (TPSA) is 46.2 Å². The van der Waals surface area contributed by atoms with Crippen molar-refractivity contribution in [3.63, 3.8) is 0 Å². The lowest BCUT2D eigenvalue weighted by molar-refractivity contribution is 0.583. The van der Waals surface area contributed by atoms with Gasteiger partial charge in [0.05, 0.1) is 5.75 Å². The number of rotatable bonds is 5. The van der Waals surface area contributed by atoms with Crippen molar-refractivity contribution in [2.45, 2.75) is 39.5 Å².